The minimum atomic E-state index is -0.461. The van der Waals surface area contributed by atoms with Crippen molar-refractivity contribution in [3.8, 4) is 11.4 Å². The molecule has 0 spiro atoms. The van der Waals surface area contributed by atoms with Crippen LogP contribution < -0.4 is 4.90 Å². The van der Waals surface area contributed by atoms with Crippen LogP contribution in [0.2, 0.25) is 10.0 Å². The summed E-state index contributed by atoms with van der Waals surface area (Å²) >= 11 is 12.4. The molecule has 6 rings (SSSR count). The molecule has 1 aliphatic heterocycles. The van der Waals surface area contributed by atoms with Crippen molar-refractivity contribution in [2.45, 2.75) is 18.9 Å². The fraction of sp³-hybridized carbons (Fsp3) is 0.182. The third-order valence-corrected chi connectivity index (χ3v) is 6.66. The van der Waals surface area contributed by atoms with Gasteiger partial charge in [-0.1, -0.05) is 23.2 Å². The highest BCUT2D eigenvalue weighted by Crippen LogP contribution is 2.37. The average Bonchev–Trinajstić information content (AvgIpc) is 3.55. The maximum Gasteiger partial charge on any atom is 0.179 e. The zero-order valence-electron chi connectivity index (χ0n) is 16.9. The van der Waals surface area contributed by atoms with Crippen molar-refractivity contribution < 1.29 is 8.78 Å². The topological polar surface area (TPSA) is 75.0 Å². The summed E-state index contributed by atoms with van der Waals surface area (Å²) < 4.78 is 30.0. The Morgan fingerprint density at radius 1 is 1.09 bits per heavy atom. The van der Waals surface area contributed by atoms with Crippen molar-refractivity contribution in [3.05, 3.63) is 70.1 Å². The van der Waals surface area contributed by atoms with Crippen LogP contribution in [0.3, 0.4) is 0 Å². The van der Waals surface area contributed by atoms with Gasteiger partial charge in [0.25, 0.3) is 0 Å². The third kappa shape index (κ3) is 3.30. The number of fused-ring (bicyclic) bond motifs is 2. The number of pyridine rings is 1. The van der Waals surface area contributed by atoms with Gasteiger partial charge in [-0.05, 0) is 37.1 Å². The highest BCUT2D eigenvalue weighted by molar-refractivity contribution is 6.44. The molecule has 5 aromatic rings. The van der Waals surface area contributed by atoms with E-state index in [4.69, 9.17) is 28.2 Å². The van der Waals surface area contributed by atoms with Crippen molar-refractivity contribution in [1.82, 2.24) is 29.5 Å². The molecule has 1 fully saturated rings. The zero-order valence-corrected chi connectivity index (χ0v) is 18.4. The molecule has 1 N–H and O–H groups in total. The van der Waals surface area contributed by atoms with E-state index in [0.29, 0.717) is 62.6 Å². The quantitative estimate of drug-likeness (QED) is 0.360. The number of rotatable bonds is 3. The Hall–Kier alpha value is -3.30. The Balaban J connectivity index is 1.44. The van der Waals surface area contributed by atoms with Gasteiger partial charge in [0, 0.05) is 24.5 Å². The maximum atomic E-state index is 14.5. The SMILES string of the molecule is Fc1ccc(F)c([C@H]2CCCN2c2ccn3ncc(-c4nc5ncc(Cl)c(Cl)c5[nH]4)c3n2)c1. The lowest BCUT2D eigenvalue weighted by Crippen LogP contribution is -2.24. The summed E-state index contributed by atoms with van der Waals surface area (Å²) in [6.07, 6.45) is 6.42. The molecule has 5 heterocycles. The van der Waals surface area contributed by atoms with Gasteiger partial charge in [-0.2, -0.15) is 5.10 Å². The van der Waals surface area contributed by atoms with Gasteiger partial charge in [-0.15, -0.1) is 0 Å². The van der Waals surface area contributed by atoms with Crippen LogP contribution in [0.1, 0.15) is 24.4 Å². The number of halogens is 4. The molecule has 33 heavy (non-hydrogen) atoms. The van der Waals surface area contributed by atoms with Gasteiger partial charge in [0.2, 0.25) is 0 Å². The molecule has 1 saturated heterocycles. The number of benzene rings is 1. The highest BCUT2D eigenvalue weighted by atomic mass is 35.5. The summed E-state index contributed by atoms with van der Waals surface area (Å²) in [4.78, 5) is 18.7. The number of nitrogens with zero attached hydrogens (tertiary/aromatic N) is 6. The molecule has 0 bridgehead atoms. The van der Waals surface area contributed by atoms with E-state index >= 15 is 0 Å². The van der Waals surface area contributed by atoms with E-state index in [1.54, 1.807) is 16.9 Å². The predicted molar refractivity (Wildman–Crippen MR) is 122 cm³/mol. The maximum absolute atomic E-state index is 14.5. The molecular weight excluding hydrogens is 471 g/mol. The number of H-pyrrole nitrogens is 1. The minimum absolute atomic E-state index is 0.307. The first-order chi connectivity index (χ1) is 16.0. The molecule has 0 radical (unpaired) electrons. The van der Waals surface area contributed by atoms with E-state index in [-0.39, 0.29) is 6.04 Å². The Bertz CT molecular complexity index is 1530. The number of hydrogen-bond donors (Lipinski definition) is 1. The van der Waals surface area contributed by atoms with Crippen molar-refractivity contribution in [3.63, 3.8) is 0 Å². The minimum Gasteiger partial charge on any atom is -0.349 e. The molecule has 166 valence electrons. The number of nitrogens with one attached hydrogen (secondary N) is 1. The fourth-order valence-electron chi connectivity index (χ4n) is 4.35. The molecule has 0 unspecified atom stereocenters. The van der Waals surface area contributed by atoms with Gasteiger partial charge in [0.1, 0.15) is 28.8 Å². The second-order valence-corrected chi connectivity index (χ2v) is 8.62. The van der Waals surface area contributed by atoms with Gasteiger partial charge in [0.05, 0.1) is 27.8 Å². The molecule has 1 atom stereocenters. The normalized spacial score (nSPS) is 16.4. The molecule has 4 aromatic heterocycles. The van der Waals surface area contributed by atoms with Gasteiger partial charge >= 0.3 is 0 Å². The monoisotopic (exact) mass is 485 g/mol. The lowest BCUT2D eigenvalue weighted by Gasteiger charge is -2.26. The predicted octanol–water partition coefficient (Wildman–Crippen LogP) is 5.59. The van der Waals surface area contributed by atoms with Crippen LogP contribution in [0, 0.1) is 11.6 Å². The number of hydrogen-bond acceptors (Lipinski definition) is 5. The van der Waals surface area contributed by atoms with Crippen molar-refractivity contribution >= 4 is 45.8 Å². The molecule has 1 aromatic carbocycles. The summed E-state index contributed by atoms with van der Waals surface area (Å²) in [7, 11) is 0. The van der Waals surface area contributed by atoms with Crippen molar-refractivity contribution in [1.29, 1.82) is 0 Å². The van der Waals surface area contributed by atoms with Gasteiger partial charge < -0.3 is 9.88 Å². The number of anilines is 1. The number of aromatic nitrogens is 6. The Morgan fingerprint density at radius 2 is 1.97 bits per heavy atom. The summed E-state index contributed by atoms with van der Waals surface area (Å²) in [5.74, 6) is 0.253. The molecule has 11 heteroatoms. The largest absolute Gasteiger partial charge is 0.349 e. The van der Waals surface area contributed by atoms with E-state index in [1.165, 1.54) is 18.3 Å². The van der Waals surface area contributed by atoms with Gasteiger partial charge in [-0.25, -0.2) is 28.2 Å². The van der Waals surface area contributed by atoms with Gasteiger partial charge in [-0.3, -0.25) is 0 Å². The van der Waals surface area contributed by atoms with Crippen molar-refractivity contribution in [2.24, 2.45) is 0 Å². The van der Waals surface area contributed by atoms with Crippen molar-refractivity contribution in [2.75, 3.05) is 11.4 Å². The average molecular weight is 486 g/mol. The van der Waals surface area contributed by atoms with Crippen LogP contribution in [-0.2, 0) is 0 Å². The fourth-order valence-corrected chi connectivity index (χ4v) is 4.68. The molecule has 0 saturated carbocycles. The van der Waals surface area contributed by atoms with E-state index in [2.05, 4.69) is 20.1 Å². The van der Waals surface area contributed by atoms with E-state index in [1.807, 2.05) is 11.0 Å². The molecule has 0 aliphatic carbocycles. The zero-order chi connectivity index (χ0) is 22.7. The van der Waals surface area contributed by atoms with E-state index in [0.717, 1.165) is 12.5 Å². The third-order valence-electron chi connectivity index (χ3n) is 5.89. The summed E-state index contributed by atoms with van der Waals surface area (Å²) in [5, 5.41) is 5.02. The summed E-state index contributed by atoms with van der Waals surface area (Å²) in [5.41, 5.74) is 2.48. The van der Waals surface area contributed by atoms with Crippen LogP contribution in [-0.4, -0.2) is 36.1 Å². The standard InChI is InChI=1S/C22H15Cl2F2N7/c23-14-10-27-21-19(18(14)24)30-20(31-21)13-9-28-33-7-5-17(29-22(13)33)32-6-1-2-16(32)12-8-11(25)3-4-15(12)26/h3-5,7-10,16H,1-2,6H2,(H,27,30,31)/t16-/m1/s1. The Morgan fingerprint density at radius 3 is 2.85 bits per heavy atom. The lowest BCUT2D eigenvalue weighted by molar-refractivity contribution is 0.560. The van der Waals surface area contributed by atoms with E-state index in [9.17, 15) is 8.78 Å². The molecule has 1 aliphatic rings. The van der Waals surface area contributed by atoms with Crippen LogP contribution in [0.25, 0.3) is 28.2 Å². The van der Waals surface area contributed by atoms with Crippen LogP contribution in [0.4, 0.5) is 14.6 Å². The Labute approximate surface area is 196 Å². The number of aromatic amines is 1. The smallest absolute Gasteiger partial charge is 0.179 e. The van der Waals surface area contributed by atoms with Gasteiger partial charge in [0.15, 0.2) is 11.3 Å². The first-order valence-electron chi connectivity index (χ1n) is 10.3. The first kappa shape index (κ1) is 20.3. The lowest BCUT2D eigenvalue weighted by atomic mass is 10.0. The summed E-state index contributed by atoms with van der Waals surface area (Å²) in [6.45, 7) is 0.677. The highest BCUT2D eigenvalue weighted by Gasteiger charge is 2.30. The molecule has 7 nitrogen and oxygen atoms in total. The second-order valence-electron chi connectivity index (χ2n) is 7.83. The van der Waals surface area contributed by atoms with E-state index < -0.39 is 11.6 Å². The Kier molecular flexibility index (Phi) is 4.70. The second kappa shape index (κ2) is 7.64. The van der Waals surface area contributed by atoms with Crippen LogP contribution in [0.5, 0.6) is 0 Å². The molecule has 0 amide bonds. The van der Waals surface area contributed by atoms with Crippen LogP contribution >= 0.6 is 23.2 Å². The van der Waals surface area contributed by atoms with Crippen LogP contribution in [0.15, 0.2) is 42.9 Å². The number of imidazole rings is 1. The summed E-state index contributed by atoms with van der Waals surface area (Å²) in [6, 6.07) is 5.06. The first-order valence-corrected chi connectivity index (χ1v) is 11.0. The molecular formula is C22H15Cl2F2N7.